The number of carboxylic acids is 1. The molecule has 0 aliphatic carbocycles. The van der Waals surface area contributed by atoms with Gasteiger partial charge in [-0.15, -0.1) is 0 Å². The number of carbonyl (C=O) groups excluding carboxylic acids is 1. The molecule has 1 aromatic heterocycles. The van der Waals surface area contributed by atoms with Crippen molar-refractivity contribution in [1.29, 1.82) is 0 Å². The van der Waals surface area contributed by atoms with E-state index >= 15 is 0 Å². The number of carbonyl (C=O) groups is 2. The number of aromatic nitrogens is 1. The number of para-hydroxylation sites is 1. The molecule has 0 unspecified atom stereocenters. The first-order chi connectivity index (χ1) is 13.1. The lowest BCUT2D eigenvalue weighted by Crippen LogP contribution is -2.14. The van der Waals surface area contributed by atoms with Crippen LogP contribution in [0.4, 0.5) is 5.69 Å². The van der Waals surface area contributed by atoms with E-state index in [0.717, 1.165) is 0 Å². The highest BCUT2D eigenvalue weighted by Gasteiger charge is 2.14. The summed E-state index contributed by atoms with van der Waals surface area (Å²) in [6, 6.07) is 17.4. The number of nitrogens with zero attached hydrogens (tertiary/aromatic N) is 1. The van der Waals surface area contributed by atoms with Gasteiger partial charge in [-0.1, -0.05) is 24.3 Å². The Morgan fingerprint density at radius 3 is 2.56 bits per heavy atom. The van der Waals surface area contributed by atoms with Crippen LogP contribution >= 0.6 is 0 Å². The van der Waals surface area contributed by atoms with Crippen molar-refractivity contribution < 1.29 is 19.4 Å². The van der Waals surface area contributed by atoms with Crippen molar-refractivity contribution in [2.75, 3.05) is 12.4 Å². The Morgan fingerprint density at radius 2 is 1.85 bits per heavy atom. The molecule has 0 saturated carbocycles. The van der Waals surface area contributed by atoms with E-state index in [2.05, 4.69) is 10.3 Å². The van der Waals surface area contributed by atoms with Gasteiger partial charge >= 0.3 is 5.97 Å². The SMILES string of the molecule is COc1ccc(C(=O)Nc2ccccc2CC(=O)O)cc1-c1ccccn1. The van der Waals surface area contributed by atoms with Gasteiger partial charge in [0.25, 0.3) is 5.91 Å². The molecule has 0 aliphatic rings. The van der Waals surface area contributed by atoms with E-state index in [1.807, 2.05) is 18.2 Å². The number of hydrogen-bond donors (Lipinski definition) is 2. The van der Waals surface area contributed by atoms with Crippen LogP contribution in [-0.2, 0) is 11.2 Å². The van der Waals surface area contributed by atoms with Crippen LogP contribution in [0.25, 0.3) is 11.3 Å². The lowest BCUT2D eigenvalue weighted by molar-refractivity contribution is -0.136. The molecular weight excluding hydrogens is 344 g/mol. The van der Waals surface area contributed by atoms with Crippen molar-refractivity contribution in [3.05, 3.63) is 78.0 Å². The third-order valence-corrected chi connectivity index (χ3v) is 4.01. The molecule has 0 radical (unpaired) electrons. The van der Waals surface area contributed by atoms with Crippen LogP contribution in [0.3, 0.4) is 0 Å². The molecule has 2 aromatic carbocycles. The molecule has 0 atom stereocenters. The van der Waals surface area contributed by atoms with E-state index in [1.54, 1.807) is 55.8 Å². The number of rotatable bonds is 6. The van der Waals surface area contributed by atoms with Crippen molar-refractivity contribution in [3.63, 3.8) is 0 Å². The Kier molecular flexibility index (Phi) is 5.47. The number of carboxylic acid groups (broad SMARTS) is 1. The number of methoxy groups -OCH3 is 1. The summed E-state index contributed by atoms with van der Waals surface area (Å²) >= 11 is 0. The predicted molar refractivity (Wildman–Crippen MR) is 102 cm³/mol. The molecule has 1 amide bonds. The third-order valence-electron chi connectivity index (χ3n) is 4.01. The molecule has 0 aliphatic heterocycles. The maximum atomic E-state index is 12.7. The second-order valence-corrected chi connectivity index (χ2v) is 5.81. The smallest absolute Gasteiger partial charge is 0.307 e. The highest BCUT2D eigenvalue weighted by atomic mass is 16.5. The maximum absolute atomic E-state index is 12.7. The quantitative estimate of drug-likeness (QED) is 0.699. The average Bonchev–Trinajstić information content (AvgIpc) is 2.69. The molecule has 0 bridgehead atoms. The Labute approximate surface area is 156 Å². The van der Waals surface area contributed by atoms with Gasteiger partial charge in [0.15, 0.2) is 0 Å². The van der Waals surface area contributed by atoms with Crippen LogP contribution in [0.2, 0.25) is 0 Å². The van der Waals surface area contributed by atoms with Gasteiger partial charge in [0.1, 0.15) is 5.75 Å². The van der Waals surface area contributed by atoms with Crippen molar-refractivity contribution >= 4 is 17.6 Å². The number of anilines is 1. The van der Waals surface area contributed by atoms with Gasteiger partial charge in [-0.3, -0.25) is 14.6 Å². The molecule has 6 heteroatoms. The van der Waals surface area contributed by atoms with Gasteiger partial charge in [-0.05, 0) is 42.0 Å². The van der Waals surface area contributed by atoms with Crippen LogP contribution in [-0.4, -0.2) is 29.1 Å². The van der Waals surface area contributed by atoms with Crippen LogP contribution in [0.1, 0.15) is 15.9 Å². The minimum absolute atomic E-state index is 0.168. The molecule has 1 heterocycles. The van der Waals surface area contributed by atoms with Gasteiger partial charge < -0.3 is 15.2 Å². The summed E-state index contributed by atoms with van der Waals surface area (Å²) in [5.41, 5.74) is 2.82. The molecule has 3 rings (SSSR count). The molecule has 136 valence electrons. The fourth-order valence-corrected chi connectivity index (χ4v) is 2.73. The summed E-state index contributed by atoms with van der Waals surface area (Å²) in [6.07, 6.45) is 1.50. The van der Waals surface area contributed by atoms with E-state index in [1.165, 1.54) is 0 Å². The molecule has 0 saturated heterocycles. The number of nitrogens with one attached hydrogen (secondary N) is 1. The van der Waals surface area contributed by atoms with Gasteiger partial charge in [-0.25, -0.2) is 0 Å². The number of hydrogen-bond acceptors (Lipinski definition) is 4. The maximum Gasteiger partial charge on any atom is 0.307 e. The van der Waals surface area contributed by atoms with Crippen molar-refractivity contribution in [3.8, 4) is 17.0 Å². The first kappa shape index (κ1) is 18.1. The van der Waals surface area contributed by atoms with Gasteiger partial charge in [0.05, 0.1) is 19.2 Å². The zero-order valence-electron chi connectivity index (χ0n) is 14.7. The number of pyridine rings is 1. The van der Waals surface area contributed by atoms with Crippen molar-refractivity contribution in [2.45, 2.75) is 6.42 Å². The predicted octanol–water partition coefficient (Wildman–Crippen LogP) is 3.64. The lowest BCUT2D eigenvalue weighted by Gasteiger charge is -2.12. The summed E-state index contributed by atoms with van der Waals surface area (Å²) in [6.45, 7) is 0. The molecule has 3 aromatic rings. The topological polar surface area (TPSA) is 88.5 Å². The van der Waals surface area contributed by atoms with E-state index in [4.69, 9.17) is 9.84 Å². The average molecular weight is 362 g/mol. The standard InChI is InChI=1S/C21H18N2O4/c1-27-19-10-9-15(12-16(19)18-8-4-5-11-22-18)21(26)23-17-7-3-2-6-14(17)13-20(24)25/h2-12H,13H2,1H3,(H,23,26)(H,24,25). The minimum atomic E-state index is -0.960. The number of benzene rings is 2. The second-order valence-electron chi connectivity index (χ2n) is 5.81. The Morgan fingerprint density at radius 1 is 1.07 bits per heavy atom. The Bertz CT molecular complexity index is 971. The Hall–Kier alpha value is -3.67. The monoisotopic (exact) mass is 362 g/mol. The van der Waals surface area contributed by atoms with Crippen LogP contribution in [0.5, 0.6) is 5.75 Å². The van der Waals surface area contributed by atoms with Crippen LogP contribution in [0, 0.1) is 0 Å². The summed E-state index contributed by atoms with van der Waals surface area (Å²) in [7, 11) is 1.56. The number of amides is 1. The second kappa shape index (κ2) is 8.14. The van der Waals surface area contributed by atoms with Crippen LogP contribution in [0.15, 0.2) is 66.9 Å². The molecule has 27 heavy (non-hydrogen) atoms. The first-order valence-corrected chi connectivity index (χ1v) is 8.29. The summed E-state index contributed by atoms with van der Waals surface area (Å²) in [5.74, 6) is -0.692. The zero-order chi connectivity index (χ0) is 19.2. The fraction of sp³-hybridized carbons (Fsp3) is 0.0952. The third kappa shape index (κ3) is 4.30. The molecule has 0 fully saturated rings. The number of ether oxygens (including phenoxy) is 1. The van der Waals surface area contributed by atoms with E-state index in [0.29, 0.717) is 33.8 Å². The minimum Gasteiger partial charge on any atom is -0.496 e. The molecule has 6 nitrogen and oxygen atoms in total. The van der Waals surface area contributed by atoms with Crippen molar-refractivity contribution in [1.82, 2.24) is 4.98 Å². The van der Waals surface area contributed by atoms with E-state index < -0.39 is 5.97 Å². The Balaban J connectivity index is 1.91. The van der Waals surface area contributed by atoms with E-state index in [9.17, 15) is 9.59 Å². The normalized spacial score (nSPS) is 10.3. The highest BCUT2D eigenvalue weighted by Crippen LogP contribution is 2.29. The fourth-order valence-electron chi connectivity index (χ4n) is 2.73. The first-order valence-electron chi connectivity index (χ1n) is 8.29. The number of aliphatic carboxylic acids is 1. The van der Waals surface area contributed by atoms with Gasteiger partial charge in [-0.2, -0.15) is 0 Å². The van der Waals surface area contributed by atoms with E-state index in [-0.39, 0.29) is 12.3 Å². The van der Waals surface area contributed by atoms with Gasteiger partial charge in [0, 0.05) is 23.0 Å². The molecule has 2 N–H and O–H groups in total. The van der Waals surface area contributed by atoms with Gasteiger partial charge in [0.2, 0.25) is 0 Å². The van der Waals surface area contributed by atoms with Crippen molar-refractivity contribution in [2.24, 2.45) is 0 Å². The molecular formula is C21H18N2O4. The molecule has 0 spiro atoms. The highest BCUT2D eigenvalue weighted by molar-refractivity contribution is 6.05. The van der Waals surface area contributed by atoms with Crippen LogP contribution < -0.4 is 10.1 Å². The summed E-state index contributed by atoms with van der Waals surface area (Å²) < 4.78 is 5.38. The summed E-state index contributed by atoms with van der Waals surface area (Å²) in [5, 5.41) is 11.8. The lowest BCUT2D eigenvalue weighted by atomic mass is 10.0. The largest absolute Gasteiger partial charge is 0.496 e. The zero-order valence-corrected chi connectivity index (χ0v) is 14.7. The summed E-state index contributed by atoms with van der Waals surface area (Å²) in [4.78, 5) is 28.0.